The molecular formula is C17H15F3N2O3S. The molecule has 1 amide bonds. The maximum atomic E-state index is 13.1. The van der Waals surface area contributed by atoms with Crippen LogP contribution in [0.25, 0.3) is 0 Å². The molecule has 0 saturated heterocycles. The summed E-state index contributed by atoms with van der Waals surface area (Å²) in [6.07, 6.45) is -3.18. The summed E-state index contributed by atoms with van der Waals surface area (Å²) in [5.74, 6) is -0.193. The molecule has 0 aromatic heterocycles. The minimum atomic E-state index is -4.80. The monoisotopic (exact) mass is 384 g/mol. The summed E-state index contributed by atoms with van der Waals surface area (Å²) < 4.78 is 66.2. The summed E-state index contributed by atoms with van der Waals surface area (Å²) >= 11 is 0. The van der Waals surface area contributed by atoms with Gasteiger partial charge in [-0.05, 0) is 43.2 Å². The number of hydrogen-bond donors (Lipinski definition) is 2. The van der Waals surface area contributed by atoms with Crippen molar-refractivity contribution in [3.05, 3.63) is 54.1 Å². The SMILES string of the molecule is O=C(Nc1cccc(NS(=O)(=O)c2ccccc2C(F)(F)F)c1)C1CC1. The van der Waals surface area contributed by atoms with Crippen molar-refractivity contribution < 1.29 is 26.4 Å². The highest BCUT2D eigenvalue weighted by Gasteiger charge is 2.37. The van der Waals surface area contributed by atoms with Gasteiger partial charge < -0.3 is 5.32 Å². The quantitative estimate of drug-likeness (QED) is 0.822. The van der Waals surface area contributed by atoms with Gasteiger partial charge in [0.05, 0.1) is 16.1 Å². The molecule has 0 atom stereocenters. The molecule has 1 aliphatic carbocycles. The van der Waals surface area contributed by atoms with Crippen molar-refractivity contribution >= 4 is 27.3 Å². The summed E-state index contributed by atoms with van der Waals surface area (Å²) in [6.45, 7) is 0. The van der Waals surface area contributed by atoms with E-state index in [4.69, 9.17) is 0 Å². The molecule has 0 spiro atoms. The second-order valence-corrected chi connectivity index (χ2v) is 7.59. The van der Waals surface area contributed by atoms with E-state index < -0.39 is 26.7 Å². The van der Waals surface area contributed by atoms with Crippen LogP contribution >= 0.6 is 0 Å². The van der Waals surface area contributed by atoms with Crippen LogP contribution in [0.2, 0.25) is 0 Å². The molecule has 3 rings (SSSR count). The smallest absolute Gasteiger partial charge is 0.326 e. The molecule has 1 saturated carbocycles. The van der Waals surface area contributed by atoms with E-state index in [1.165, 1.54) is 24.3 Å². The van der Waals surface area contributed by atoms with Gasteiger partial charge in [0.25, 0.3) is 10.0 Å². The predicted molar refractivity (Wildman–Crippen MR) is 90.0 cm³/mol. The fourth-order valence-electron chi connectivity index (χ4n) is 2.40. The number of halogens is 3. The molecule has 138 valence electrons. The first kappa shape index (κ1) is 18.2. The number of anilines is 2. The highest BCUT2D eigenvalue weighted by molar-refractivity contribution is 7.92. The van der Waals surface area contributed by atoms with Gasteiger partial charge in [0.1, 0.15) is 0 Å². The molecule has 1 aliphatic rings. The van der Waals surface area contributed by atoms with Crippen molar-refractivity contribution in [2.24, 2.45) is 5.92 Å². The molecule has 0 aliphatic heterocycles. The van der Waals surface area contributed by atoms with Gasteiger partial charge in [-0.3, -0.25) is 9.52 Å². The summed E-state index contributed by atoms with van der Waals surface area (Å²) in [4.78, 5) is 10.9. The second-order valence-electron chi connectivity index (χ2n) is 5.94. The lowest BCUT2D eigenvalue weighted by Crippen LogP contribution is -2.19. The molecule has 2 N–H and O–H groups in total. The minimum Gasteiger partial charge on any atom is -0.326 e. The van der Waals surface area contributed by atoms with E-state index in [9.17, 15) is 26.4 Å². The van der Waals surface area contributed by atoms with Crippen LogP contribution < -0.4 is 10.0 Å². The summed E-state index contributed by atoms with van der Waals surface area (Å²) in [7, 11) is -4.46. The van der Waals surface area contributed by atoms with Crippen LogP contribution in [0.3, 0.4) is 0 Å². The molecule has 1 fully saturated rings. The average Bonchev–Trinajstić information content (AvgIpc) is 3.39. The maximum Gasteiger partial charge on any atom is 0.417 e. The lowest BCUT2D eigenvalue weighted by atomic mass is 10.2. The highest BCUT2D eigenvalue weighted by atomic mass is 32.2. The van der Waals surface area contributed by atoms with Crippen molar-refractivity contribution in [3.8, 4) is 0 Å². The Morgan fingerprint density at radius 3 is 2.31 bits per heavy atom. The van der Waals surface area contributed by atoms with Crippen LogP contribution in [-0.4, -0.2) is 14.3 Å². The van der Waals surface area contributed by atoms with E-state index in [2.05, 4.69) is 10.0 Å². The lowest BCUT2D eigenvalue weighted by Gasteiger charge is -2.15. The van der Waals surface area contributed by atoms with Crippen LogP contribution in [0.15, 0.2) is 53.4 Å². The molecule has 5 nitrogen and oxygen atoms in total. The Morgan fingerprint density at radius 2 is 1.65 bits per heavy atom. The van der Waals surface area contributed by atoms with E-state index in [0.717, 1.165) is 25.0 Å². The fraction of sp³-hybridized carbons (Fsp3) is 0.235. The first-order valence-corrected chi connectivity index (χ1v) is 9.25. The second kappa shape index (κ2) is 6.64. The Labute approximate surface area is 148 Å². The van der Waals surface area contributed by atoms with Gasteiger partial charge in [0, 0.05) is 11.6 Å². The van der Waals surface area contributed by atoms with Crippen molar-refractivity contribution in [3.63, 3.8) is 0 Å². The number of carbonyl (C=O) groups excluding carboxylic acids is 1. The number of amides is 1. The van der Waals surface area contributed by atoms with Gasteiger partial charge in [-0.2, -0.15) is 13.2 Å². The fourth-order valence-corrected chi connectivity index (χ4v) is 3.67. The third-order valence-corrected chi connectivity index (χ3v) is 5.25. The van der Waals surface area contributed by atoms with E-state index in [1.807, 2.05) is 0 Å². The van der Waals surface area contributed by atoms with E-state index in [0.29, 0.717) is 11.8 Å². The molecule has 2 aromatic rings. The van der Waals surface area contributed by atoms with Crippen molar-refractivity contribution in [1.29, 1.82) is 0 Å². The number of sulfonamides is 1. The van der Waals surface area contributed by atoms with Crippen LogP contribution in [-0.2, 0) is 21.0 Å². The molecule has 0 bridgehead atoms. The molecule has 0 heterocycles. The molecule has 26 heavy (non-hydrogen) atoms. The third-order valence-electron chi connectivity index (χ3n) is 3.81. The Hall–Kier alpha value is -2.55. The van der Waals surface area contributed by atoms with Crippen LogP contribution in [0.1, 0.15) is 18.4 Å². The van der Waals surface area contributed by atoms with E-state index >= 15 is 0 Å². The normalized spacial score (nSPS) is 14.7. The highest BCUT2D eigenvalue weighted by Crippen LogP contribution is 2.35. The summed E-state index contributed by atoms with van der Waals surface area (Å²) in [5, 5.41) is 2.65. The lowest BCUT2D eigenvalue weighted by molar-refractivity contribution is -0.139. The zero-order chi connectivity index (χ0) is 18.9. The maximum absolute atomic E-state index is 13.1. The van der Waals surface area contributed by atoms with Gasteiger partial charge in [0.15, 0.2) is 0 Å². The zero-order valence-corrected chi connectivity index (χ0v) is 14.2. The van der Waals surface area contributed by atoms with Crippen LogP contribution in [0.4, 0.5) is 24.5 Å². The number of rotatable bonds is 5. The molecule has 9 heteroatoms. The van der Waals surface area contributed by atoms with Crippen LogP contribution in [0.5, 0.6) is 0 Å². The molecular weight excluding hydrogens is 369 g/mol. The van der Waals surface area contributed by atoms with Gasteiger partial charge >= 0.3 is 6.18 Å². The van der Waals surface area contributed by atoms with E-state index in [-0.39, 0.29) is 17.5 Å². The first-order chi connectivity index (χ1) is 12.2. The Balaban J connectivity index is 1.85. The van der Waals surface area contributed by atoms with Gasteiger partial charge in [-0.25, -0.2) is 8.42 Å². The predicted octanol–water partition coefficient (Wildman–Crippen LogP) is 3.85. The zero-order valence-electron chi connectivity index (χ0n) is 13.4. The molecule has 0 unspecified atom stereocenters. The van der Waals surface area contributed by atoms with E-state index in [1.54, 1.807) is 6.07 Å². The Morgan fingerprint density at radius 1 is 1.00 bits per heavy atom. The third kappa shape index (κ3) is 4.16. The van der Waals surface area contributed by atoms with Crippen molar-refractivity contribution in [2.45, 2.75) is 23.9 Å². The van der Waals surface area contributed by atoms with Gasteiger partial charge in [0.2, 0.25) is 5.91 Å². The van der Waals surface area contributed by atoms with Crippen molar-refractivity contribution in [2.75, 3.05) is 10.0 Å². The summed E-state index contributed by atoms with van der Waals surface area (Å²) in [6, 6.07) is 9.75. The number of carbonyl (C=O) groups is 1. The number of alkyl halides is 3. The number of hydrogen-bond acceptors (Lipinski definition) is 3. The average molecular weight is 384 g/mol. The number of nitrogens with one attached hydrogen (secondary N) is 2. The Kier molecular flexibility index (Phi) is 4.66. The van der Waals surface area contributed by atoms with Crippen LogP contribution in [0, 0.1) is 5.92 Å². The topological polar surface area (TPSA) is 75.3 Å². The van der Waals surface area contributed by atoms with Crippen molar-refractivity contribution in [1.82, 2.24) is 0 Å². The standard InChI is InChI=1S/C17H15F3N2O3S/c18-17(19,20)14-6-1-2-7-15(14)26(24,25)22-13-5-3-4-12(10-13)21-16(23)11-8-9-11/h1-7,10-11,22H,8-9H2,(H,21,23). The Bertz CT molecular complexity index is 938. The summed E-state index contributed by atoms with van der Waals surface area (Å²) in [5.41, 5.74) is -0.826. The minimum absolute atomic E-state index is 0.0333. The molecule has 0 radical (unpaired) electrons. The van der Waals surface area contributed by atoms with Gasteiger partial charge in [-0.15, -0.1) is 0 Å². The first-order valence-electron chi connectivity index (χ1n) is 7.77. The van der Waals surface area contributed by atoms with Gasteiger partial charge in [-0.1, -0.05) is 18.2 Å². The largest absolute Gasteiger partial charge is 0.417 e. The number of benzene rings is 2. The molecule has 2 aromatic carbocycles.